The maximum absolute atomic E-state index is 13.5. The fourth-order valence-electron chi connectivity index (χ4n) is 3.51. The standard InChI is InChI=1S/C28H45N5O5S/c1-18(2)16-22(31-27(37)38-28(5,6)7)24(34)30-23(17-20-12-10-9-11-13-20)25(35)29-21(14-15-39-8)26(36)33-32-19(3)4/h9-13,18,21-23H,14-17H2,1-8H3,(H,29,35)(H,30,34)(H,31,37)(H,33,36)/t21-,22-,23+/m0/s1. The van der Waals surface area contributed by atoms with E-state index in [1.165, 1.54) is 0 Å². The van der Waals surface area contributed by atoms with E-state index in [1.54, 1.807) is 46.4 Å². The second-order valence-corrected chi connectivity index (χ2v) is 11.9. The van der Waals surface area contributed by atoms with Crippen molar-refractivity contribution in [3.05, 3.63) is 35.9 Å². The molecule has 218 valence electrons. The lowest BCUT2D eigenvalue weighted by Gasteiger charge is -2.27. The molecule has 4 N–H and O–H groups in total. The summed E-state index contributed by atoms with van der Waals surface area (Å²) in [7, 11) is 0. The smallest absolute Gasteiger partial charge is 0.408 e. The first kappa shape index (κ1) is 33.9. The third-order valence-electron chi connectivity index (χ3n) is 5.26. The van der Waals surface area contributed by atoms with E-state index in [9.17, 15) is 19.2 Å². The number of benzene rings is 1. The number of alkyl carbamates (subject to hydrolysis) is 1. The Bertz CT molecular complexity index is 974. The molecular formula is C28H45N5O5S. The highest BCUT2D eigenvalue weighted by Gasteiger charge is 2.31. The van der Waals surface area contributed by atoms with Crippen LogP contribution >= 0.6 is 11.8 Å². The lowest BCUT2D eigenvalue weighted by Crippen LogP contribution is -2.57. The van der Waals surface area contributed by atoms with Gasteiger partial charge in [-0.3, -0.25) is 14.4 Å². The fraction of sp³-hybridized carbons (Fsp3) is 0.607. The maximum atomic E-state index is 13.5. The number of hydrogen-bond donors (Lipinski definition) is 4. The van der Waals surface area contributed by atoms with Crippen LogP contribution in [0.2, 0.25) is 0 Å². The summed E-state index contributed by atoms with van der Waals surface area (Å²) in [6, 6.07) is 6.52. The summed E-state index contributed by atoms with van der Waals surface area (Å²) in [6.07, 6.45) is 2.13. The van der Waals surface area contributed by atoms with Gasteiger partial charge < -0.3 is 20.7 Å². The first-order valence-corrected chi connectivity index (χ1v) is 14.5. The average Bonchev–Trinajstić information content (AvgIpc) is 2.83. The van der Waals surface area contributed by atoms with Gasteiger partial charge in [-0.25, -0.2) is 10.2 Å². The molecule has 0 saturated heterocycles. The Kier molecular flexibility index (Phi) is 14.6. The minimum atomic E-state index is -0.990. The van der Waals surface area contributed by atoms with Crippen LogP contribution in [-0.4, -0.2) is 65.3 Å². The Balaban J connectivity index is 3.18. The zero-order valence-corrected chi connectivity index (χ0v) is 25.2. The van der Waals surface area contributed by atoms with E-state index < -0.39 is 47.5 Å². The molecule has 0 heterocycles. The summed E-state index contributed by atoms with van der Waals surface area (Å²) in [5, 5.41) is 12.2. The van der Waals surface area contributed by atoms with Gasteiger partial charge in [-0.1, -0.05) is 44.2 Å². The monoisotopic (exact) mass is 563 g/mol. The molecule has 1 aromatic carbocycles. The average molecular weight is 564 g/mol. The van der Waals surface area contributed by atoms with Gasteiger partial charge in [0, 0.05) is 12.1 Å². The molecule has 0 aliphatic rings. The van der Waals surface area contributed by atoms with Crippen molar-refractivity contribution in [1.29, 1.82) is 0 Å². The van der Waals surface area contributed by atoms with Crippen molar-refractivity contribution in [2.24, 2.45) is 11.0 Å². The zero-order chi connectivity index (χ0) is 29.6. The molecule has 39 heavy (non-hydrogen) atoms. The van der Waals surface area contributed by atoms with Crippen LogP contribution in [0.4, 0.5) is 4.79 Å². The summed E-state index contributed by atoms with van der Waals surface area (Å²) >= 11 is 1.55. The molecule has 0 unspecified atom stereocenters. The third kappa shape index (κ3) is 14.6. The van der Waals surface area contributed by atoms with Crippen LogP contribution in [0.1, 0.15) is 66.9 Å². The number of nitrogens with one attached hydrogen (secondary N) is 4. The molecule has 10 nitrogen and oxygen atoms in total. The number of ether oxygens (including phenoxy) is 1. The van der Waals surface area contributed by atoms with E-state index in [-0.39, 0.29) is 12.3 Å². The predicted molar refractivity (Wildman–Crippen MR) is 157 cm³/mol. The van der Waals surface area contributed by atoms with Gasteiger partial charge in [0.15, 0.2) is 0 Å². The van der Waals surface area contributed by atoms with Crippen LogP contribution in [0.15, 0.2) is 35.4 Å². The Labute approximate surface area is 236 Å². The molecule has 0 radical (unpaired) electrons. The van der Waals surface area contributed by atoms with E-state index in [0.29, 0.717) is 24.3 Å². The van der Waals surface area contributed by atoms with Crippen LogP contribution < -0.4 is 21.4 Å². The van der Waals surface area contributed by atoms with Gasteiger partial charge >= 0.3 is 6.09 Å². The van der Waals surface area contributed by atoms with Gasteiger partial charge in [-0.15, -0.1) is 0 Å². The number of carbonyl (C=O) groups excluding carboxylic acids is 4. The molecule has 0 fully saturated rings. The van der Waals surface area contributed by atoms with Crippen LogP contribution in [0, 0.1) is 5.92 Å². The molecule has 0 aliphatic carbocycles. The highest BCUT2D eigenvalue weighted by Crippen LogP contribution is 2.11. The summed E-state index contributed by atoms with van der Waals surface area (Å²) in [6.45, 7) is 12.6. The van der Waals surface area contributed by atoms with E-state index in [1.807, 2.05) is 50.4 Å². The minimum absolute atomic E-state index is 0.0827. The Morgan fingerprint density at radius 2 is 1.49 bits per heavy atom. The number of carbonyl (C=O) groups is 4. The normalized spacial score (nSPS) is 13.5. The second-order valence-electron chi connectivity index (χ2n) is 11.0. The third-order valence-corrected chi connectivity index (χ3v) is 5.91. The highest BCUT2D eigenvalue weighted by molar-refractivity contribution is 7.98. The number of nitrogens with zero attached hydrogens (tertiary/aromatic N) is 1. The molecule has 3 atom stereocenters. The lowest BCUT2D eigenvalue weighted by molar-refractivity contribution is -0.132. The van der Waals surface area contributed by atoms with Gasteiger partial charge in [0.25, 0.3) is 5.91 Å². The van der Waals surface area contributed by atoms with Crippen molar-refractivity contribution in [3.8, 4) is 0 Å². The van der Waals surface area contributed by atoms with E-state index >= 15 is 0 Å². The second kappa shape index (κ2) is 16.8. The van der Waals surface area contributed by atoms with Crippen molar-refractivity contribution in [1.82, 2.24) is 21.4 Å². The molecule has 1 rings (SSSR count). The fourth-order valence-corrected chi connectivity index (χ4v) is 3.98. The van der Waals surface area contributed by atoms with Gasteiger partial charge in [-0.2, -0.15) is 16.9 Å². The van der Waals surface area contributed by atoms with Gasteiger partial charge in [0.2, 0.25) is 11.8 Å². The van der Waals surface area contributed by atoms with E-state index in [2.05, 4.69) is 26.5 Å². The molecular weight excluding hydrogens is 518 g/mol. The quantitative estimate of drug-likeness (QED) is 0.202. The van der Waals surface area contributed by atoms with Crippen LogP contribution in [0.5, 0.6) is 0 Å². The molecule has 0 saturated carbocycles. The van der Waals surface area contributed by atoms with Gasteiger partial charge in [0.05, 0.1) is 0 Å². The minimum Gasteiger partial charge on any atom is -0.444 e. The van der Waals surface area contributed by atoms with Crippen LogP contribution in [0.3, 0.4) is 0 Å². The number of hydrazone groups is 1. The zero-order valence-electron chi connectivity index (χ0n) is 24.4. The van der Waals surface area contributed by atoms with Crippen molar-refractivity contribution in [2.75, 3.05) is 12.0 Å². The summed E-state index contributed by atoms with van der Waals surface area (Å²) < 4.78 is 5.34. The summed E-state index contributed by atoms with van der Waals surface area (Å²) in [4.78, 5) is 52.1. The number of rotatable bonds is 14. The van der Waals surface area contributed by atoms with Gasteiger partial charge in [0.1, 0.15) is 23.7 Å². The van der Waals surface area contributed by atoms with Crippen molar-refractivity contribution >= 4 is 41.3 Å². The van der Waals surface area contributed by atoms with Crippen LogP contribution in [-0.2, 0) is 25.5 Å². The highest BCUT2D eigenvalue weighted by atomic mass is 32.2. The van der Waals surface area contributed by atoms with Crippen LogP contribution in [0.25, 0.3) is 0 Å². The lowest BCUT2D eigenvalue weighted by atomic mass is 10.0. The number of amides is 4. The first-order chi connectivity index (χ1) is 18.2. The van der Waals surface area contributed by atoms with E-state index in [0.717, 1.165) is 5.56 Å². The Morgan fingerprint density at radius 3 is 2.03 bits per heavy atom. The maximum Gasteiger partial charge on any atom is 0.408 e. The topological polar surface area (TPSA) is 138 Å². The summed E-state index contributed by atoms with van der Waals surface area (Å²) in [5.41, 5.74) is 3.25. The number of thioether (sulfide) groups is 1. The van der Waals surface area contributed by atoms with Crippen molar-refractivity contribution in [2.45, 2.75) is 91.5 Å². The van der Waals surface area contributed by atoms with E-state index in [4.69, 9.17) is 4.74 Å². The number of hydrogen-bond acceptors (Lipinski definition) is 7. The molecule has 1 aromatic rings. The molecule has 0 spiro atoms. The van der Waals surface area contributed by atoms with Gasteiger partial charge in [-0.05, 0) is 71.0 Å². The van der Waals surface area contributed by atoms with Crippen molar-refractivity contribution in [3.63, 3.8) is 0 Å². The SMILES string of the molecule is CSCC[C@H](NC(=O)[C@@H](Cc1ccccc1)NC(=O)[C@H](CC(C)C)NC(=O)OC(C)(C)C)C(=O)NN=C(C)C. The Morgan fingerprint density at radius 1 is 0.897 bits per heavy atom. The first-order valence-electron chi connectivity index (χ1n) is 13.2. The Hall–Kier alpha value is -3.08. The molecule has 0 aromatic heterocycles. The van der Waals surface area contributed by atoms with Crippen molar-refractivity contribution < 1.29 is 23.9 Å². The molecule has 11 heteroatoms. The largest absolute Gasteiger partial charge is 0.444 e. The predicted octanol–water partition coefficient (Wildman–Crippen LogP) is 3.40. The molecule has 0 aliphatic heterocycles. The summed E-state index contributed by atoms with van der Waals surface area (Å²) in [5.74, 6) is -0.737. The molecule has 0 bridgehead atoms. The molecule has 4 amide bonds.